The highest BCUT2D eigenvalue weighted by atomic mass is 32.2. The molecule has 3 heterocycles. The van der Waals surface area contributed by atoms with E-state index in [1.54, 1.807) is 42.2 Å². The largest absolute Gasteiger partial charge is 0.465 e. The van der Waals surface area contributed by atoms with Gasteiger partial charge in [0.05, 0.1) is 24.0 Å². The molecular formula is C24H23N3O7S. The first-order chi connectivity index (χ1) is 16.6. The SMILES string of the molecule is COC(=O)c1ccc(-n2c(C)cc(C(=O)COC(=O)C3=CN4CCS(=O)(=O)N=C4C=C3)c2C)cc1. The Hall–Kier alpha value is -3.99. The number of ether oxygens (including phenoxy) is 2. The molecule has 4 rings (SSSR count). The second-order valence-electron chi connectivity index (χ2n) is 8.00. The minimum Gasteiger partial charge on any atom is -0.465 e. The molecule has 11 heteroatoms. The van der Waals surface area contributed by atoms with Crippen molar-refractivity contribution in [2.24, 2.45) is 4.40 Å². The highest BCUT2D eigenvalue weighted by Crippen LogP contribution is 2.22. The number of carbonyl (C=O) groups excluding carboxylic acids is 3. The smallest absolute Gasteiger partial charge is 0.340 e. The minimum absolute atomic E-state index is 0.150. The summed E-state index contributed by atoms with van der Waals surface area (Å²) >= 11 is 0. The Morgan fingerprint density at radius 1 is 1.06 bits per heavy atom. The molecule has 0 amide bonds. The molecule has 0 aliphatic carbocycles. The van der Waals surface area contributed by atoms with E-state index in [1.807, 2.05) is 11.5 Å². The van der Waals surface area contributed by atoms with E-state index in [9.17, 15) is 22.8 Å². The van der Waals surface area contributed by atoms with Crippen LogP contribution in [0.2, 0.25) is 0 Å². The standard InChI is InChI=1S/C24H23N3O7S/c1-15-12-20(16(2)27(15)19-7-4-17(5-8-19)23(29)33-3)21(28)14-34-24(30)18-6-9-22-25-35(31,32)11-10-26(22)13-18/h4-9,12-13H,10-11,14H2,1-3H3. The number of aromatic nitrogens is 1. The van der Waals surface area contributed by atoms with Crippen LogP contribution >= 0.6 is 0 Å². The normalized spacial score (nSPS) is 16.1. The molecule has 0 spiro atoms. The lowest BCUT2D eigenvalue weighted by molar-refractivity contribution is -0.137. The van der Waals surface area contributed by atoms with Crippen molar-refractivity contribution >= 4 is 33.6 Å². The van der Waals surface area contributed by atoms with Gasteiger partial charge in [0.25, 0.3) is 10.0 Å². The van der Waals surface area contributed by atoms with Gasteiger partial charge in [0, 0.05) is 35.4 Å². The number of methoxy groups -OCH3 is 1. The molecule has 0 N–H and O–H groups in total. The van der Waals surface area contributed by atoms with E-state index in [0.717, 1.165) is 11.4 Å². The van der Waals surface area contributed by atoms with E-state index in [-0.39, 0.29) is 29.5 Å². The van der Waals surface area contributed by atoms with Crippen LogP contribution in [0.3, 0.4) is 0 Å². The minimum atomic E-state index is -3.49. The van der Waals surface area contributed by atoms with Crippen molar-refractivity contribution in [1.82, 2.24) is 9.47 Å². The predicted octanol–water partition coefficient (Wildman–Crippen LogP) is 2.10. The van der Waals surface area contributed by atoms with Gasteiger partial charge < -0.3 is 18.9 Å². The maximum absolute atomic E-state index is 12.8. The number of fused-ring (bicyclic) bond motifs is 1. The van der Waals surface area contributed by atoms with Gasteiger partial charge >= 0.3 is 11.9 Å². The van der Waals surface area contributed by atoms with Crippen molar-refractivity contribution in [2.45, 2.75) is 13.8 Å². The molecule has 1 aromatic carbocycles. The number of benzene rings is 1. The van der Waals surface area contributed by atoms with Crippen LogP contribution in [0.5, 0.6) is 0 Å². The van der Waals surface area contributed by atoms with Crippen molar-refractivity contribution < 1.29 is 32.3 Å². The molecule has 0 saturated heterocycles. The lowest BCUT2D eigenvalue weighted by atomic mass is 10.1. The first-order valence-electron chi connectivity index (χ1n) is 10.7. The first kappa shape index (κ1) is 24.1. The number of carbonyl (C=O) groups is 3. The predicted molar refractivity (Wildman–Crippen MR) is 127 cm³/mol. The molecule has 2 aliphatic rings. The number of Topliss-reactive ketones (excluding diaryl/α,β-unsaturated/α-hetero) is 1. The fourth-order valence-corrected chi connectivity index (χ4v) is 4.89. The summed E-state index contributed by atoms with van der Waals surface area (Å²) in [5, 5.41) is 0. The lowest BCUT2D eigenvalue weighted by Gasteiger charge is -2.26. The van der Waals surface area contributed by atoms with Gasteiger partial charge in [-0.15, -0.1) is 4.40 Å². The molecule has 0 bridgehead atoms. The molecule has 35 heavy (non-hydrogen) atoms. The van der Waals surface area contributed by atoms with E-state index in [0.29, 0.717) is 16.8 Å². The Kier molecular flexibility index (Phi) is 6.44. The Morgan fingerprint density at radius 3 is 2.46 bits per heavy atom. The van der Waals surface area contributed by atoms with E-state index in [4.69, 9.17) is 9.47 Å². The van der Waals surface area contributed by atoms with Crippen molar-refractivity contribution in [3.8, 4) is 5.69 Å². The van der Waals surface area contributed by atoms with Crippen molar-refractivity contribution in [3.05, 3.63) is 76.8 Å². The van der Waals surface area contributed by atoms with Gasteiger partial charge in [0.1, 0.15) is 5.84 Å². The molecule has 0 saturated carbocycles. The number of nitrogens with zero attached hydrogens (tertiary/aromatic N) is 3. The van der Waals surface area contributed by atoms with E-state index in [2.05, 4.69) is 4.40 Å². The zero-order chi connectivity index (χ0) is 25.3. The van der Waals surface area contributed by atoms with Gasteiger partial charge in [-0.05, 0) is 56.3 Å². The van der Waals surface area contributed by atoms with Crippen LogP contribution in [-0.4, -0.2) is 67.5 Å². The fourth-order valence-electron chi connectivity index (χ4n) is 3.92. The summed E-state index contributed by atoms with van der Waals surface area (Å²) in [6.45, 7) is 3.35. The summed E-state index contributed by atoms with van der Waals surface area (Å²) in [4.78, 5) is 38.6. The zero-order valence-corrected chi connectivity index (χ0v) is 20.2. The number of hydrogen-bond acceptors (Lipinski definition) is 8. The molecule has 0 radical (unpaired) electrons. The summed E-state index contributed by atoms with van der Waals surface area (Å²) in [6, 6.07) is 8.51. The number of amidine groups is 1. The van der Waals surface area contributed by atoms with Crippen molar-refractivity contribution in [1.29, 1.82) is 0 Å². The molecule has 0 unspecified atom stereocenters. The first-order valence-corrected chi connectivity index (χ1v) is 12.3. The quantitative estimate of drug-likeness (QED) is 0.439. The highest BCUT2D eigenvalue weighted by Gasteiger charge is 2.26. The summed E-state index contributed by atoms with van der Waals surface area (Å²) in [5.74, 6) is -1.42. The Morgan fingerprint density at radius 2 is 1.77 bits per heavy atom. The average molecular weight is 498 g/mol. The molecule has 2 aliphatic heterocycles. The molecular weight excluding hydrogens is 474 g/mol. The number of hydrogen-bond donors (Lipinski definition) is 0. The number of sulfonamides is 1. The maximum atomic E-state index is 12.8. The molecule has 0 atom stereocenters. The maximum Gasteiger partial charge on any atom is 0.340 e. The van der Waals surface area contributed by atoms with Gasteiger partial charge in [-0.3, -0.25) is 4.79 Å². The third-order valence-corrected chi connectivity index (χ3v) is 6.84. The van der Waals surface area contributed by atoms with Crippen molar-refractivity contribution in [2.75, 3.05) is 26.0 Å². The second kappa shape index (κ2) is 9.34. The van der Waals surface area contributed by atoms with E-state index >= 15 is 0 Å². The summed E-state index contributed by atoms with van der Waals surface area (Å²) < 4.78 is 38.7. The molecule has 10 nitrogen and oxygen atoms in total. The highest BCUT2D eigenvalue weighted by molar-refractivity contribution is 7.90. The third kappa shape index (κ3) is 4.94. The van der Waals surface area contributed by atoms with E-state index < -0.39 is 28.6 Å². The van der Waals surface area contributed by atoms with Gasteiger partial charge in [-0.2, -0.15) is 0 Å². The molecule has 0 fully saturated rings. The van der Waals surface area contributed by atoms with Crippen LogP contribution in [0.15, 0.2) is 58.7 Å². The summed E-state index contributed by atoms with van der Waals surface area (Å²) in [6.07, 6.45) is 4.30. The number of aryl methyl sites for hydroxylation is 1. The van der Waals surface area contributed by atoms with Gasteiger partial charge in [-0.1, -0.05) is 0 Å². The topological polar surface area (TPSA) is 124 Å². The van der Waals surface area contributed by atoms with Crippen LogP contribution in [0.25, 0.3) is 5.69 Å². The number of ketones is 1. The zero-order valence-electron chi connectivity index (χ0n) is 19.3. The Labute approximate surface area is 202 Å². The Bertz CT molecular complexity index is 1410. The van der Waals surface area contributed by atoms with Crippen molar-refractivity contribution in [3.63, 3.8) is 0 Å². The van der Waals surface area contributed by atoms with Gasteiger partial charge in [0.2, 0.25) is 5.78 Å². The number of rotatable bonds is 6. The van der Waals surface area contributed by atoms with Crippen LogP contribution in [-0.2, 0) is 24.3 Å². The van der Waals surface area contributed by atoms with E-state index in [1.165, 1.54) is 25.5 Å². The lowest BCUT2D eigenvalue weighted by Crippen LogP contribution is -2.37. The number of esters is 2. The Balaban J connectivity index is 1.45. The van der Waals surface area contributed by atoms with Crippen LogP contribution in [0, 0.1) is 13.8 Å². The van der Waals surface area contributed by atoms with Crippen LogP contribution in [0.1, 0.15) is 32.1 Å². The average Bonchev–Trinajstić information content (AvgIpc) is 3.14. The van der Waals surface area contributed by atoms with Crippen LogP contribution < -0.4 is 0 Å². The molecule has 2 aromatic rings. The van der Waals surface area contributed by atoms with Gasteiger partial charge in [-0.25, -0.2) is 18.0 Å². The summed E-state index contributed by atoms with van der Waals surface area (Å²) in [7, 11) is -2.18. The third-order valence-electron chi connectivity index (χ3n) is 5.67. The monoisotopic (exact) mass is 497 g/mol. The second-order valence-corrected chi connectivity index (χ2v) is 9.76. The van der Waals surface area contributed by atoms with Crippen LogP contribution in [0.4, 0.5) is 0 Å². The van der Waals surface area contributed by atoms with Gasteiger partial charge in [0.15, 0.2) is 6.61 Å². The fraction of sp³-hybridized carbons (Fsp3) is 0.250. The molecule has 1 aromatic heterocycles. The molecule has 182 valence electrons. The summed E-state index contributed by atoms with van der Waals surface area (Å²) in [5.41, 5.74) is 3.25.